The minimum Gasteiger partial charge on any atom is -0.394 e. The average Bonchev–Trinajstić information content (AvgIpc) is 2.61. The van der Waals surface area contributed by atoms with E-state index in [0.717, 1.165) is 0 Å². The van der Waals surface area contributed by atoms with Crippen LogP contribution in [-0.2, 0) is 11.2 Å². The predicted molar refractivity (Wildman–Crippen MR) is 63.9 cm³/mol. The summed E-state index contributed by atoms with van der Waals surface area (Å²) in [4.78, 5) is 27.2. The summed E-state index contributed by atoms with van der Waals surface area (Å²) in [5, 5.41) is 29.2. The van der Waals surface area contributed by atoms with E-state index in [0.29, 0.717) is 5.69 Å². The first kappa shape index (κ1) is 13.9. The van der Waals surface area contributed by atoms with Gasteiger partial charge in [-0.1, -0.05) is 0 Å². The second-order valence-corrected chi connectivity index (χ2v) is 4.77. The molecule has 0 radical (unpaired) electrons. The monoisotopic (exact) mass is 272 g/mol. The van der Waals surface area contributed by atoms with Gasteiger partial charge in [-0.05, 0) is 6.92 Å². The van der Waals surface area contributed by atoms with E-state index in [1.165, 1.54) is 6.92 Å². The largest absolute Gasteiger partial charge is 0.394 e. The van der Waals surface area contributed by atoms with Crippen LogP contribution in [0.25, 0.3) is 0 Å². The van der Waals surface area contributed by atoms with Crippen LogP contribution in [0.4, 0.5) is 0 Å². The quantitative estimate of drug-likeness (QED) is 0.409. The van der Waals surface area contributed by atoms with E-state index in [2.05, 4.69) is 9.97 Å². The number of H-pyrrole nitrogens is 2. The minimum absolute atomic E-state index is 0.170. The molecule has 0 spiro atoms. The van der Waals surface area contributed by atoms with Gasteiger partial charge < -0.3 is 25.0 Å². The summed E-state index contributed by atoms with van der Waals surface area (Å²) in [5.74, 6) is 0. The van der Waals surface area contributed by atoms with Gasteiger partial charge in [0.05, 0.1) is 13.2 Å². The van der Waals surface area contributed by atoms with Crippen LogP contribution in [0.3, 0.4) is 0 Å². The first-order valence-electron chi connectivity index (χ1n) is 5.82. The molecule has 0 aromatic carbocycles. The summed E-state index contributed by atoms with van der Waals surface area (Å²) in [6.45, 7) is 0.906. The third kappa shape index (κ3) is 2.47. The molecule has 0 aliphatic carbocycles. The zero-order valence-electron chi connectivity index (χ0n) is 10.3. The van der Waals surface area contributed by atoms with Gasteiger partial charge in [-0.15, -0.1) is 0 Å². The molecule has 1 aliphatic rings. The summed E-state index contributed by atoms with van der Waals surface area (Å²) in [6, 6.07) is 0. The molecule has 0 saturated carbocycles. The molecule has 3 unspecified atom stereocenters. The fourth-order valence-corrected chi connectivity index (χ4v) is 2.23. The van der Waals surface area contributed by atoms with Crippen LogP contribution in [0.2, 0.25) is 0 Å². The molecule has 106 valence electrons. The third-order valence-electron chi connectivity index (χ3n) is 3.37. The number of aryl methyl sites for hydroxylation is 1. The number of aromatic nitrogens is 2. The van der Waals surface area contributed by atoms with Crippen LogP contribution in [0.1, 0.15) is 11.3 Å². The van der Waals surface area contributed by atoms with Crippen molar-refractivity contribution in [1.82, 2.24) is 9.97 Å². The van der Waals surface area contributed by atoms with Crippen molar-refractivity contribution in [3.05, 3.63) is 32.1 Å². The van der Waals surface area contributed by atoms with Gasteiger partial charge in [0.2, 0.25) is 0 Å². The highest BCUT2D eigenvalue weighted by molar-refractivity contribution is 5.19. The van der Waals surface area contributed by atoms with Gasteiger partial charge in [0.25, 0.3) is 5.56 Å². The Morgan fingerprint density at radius 1 is 1.42 bits per heavy atom. The van der Waals surface area contributed by atoms with Crippen molar-refractivity contribution in [2.75, 3.05) is 13.2 Å². The Morgan fingerprint density at radius 2 is 2.11 bits per heavy atom. The lowest BCUT2D eigenvalue weighted by molar-refractivity contribution is -0.0549. The number of nitrogens with one attached hydrogen (secondary N) is 2. The highest BCUT2D eigenvalue weighted by atomic mass is 16.5. The molecular weight excluding hydrogens is 256 g/mol. The molecular formula is C11H16N2O6. The highest BCUT2D eigenvalue weighted by Crippen LogP contribution is 2.27. The molecule has 5 N–H and O–H groups in total. The van der Waals surface area contributed by atoms with E-state index < -0.39 is 35.7 Å². The summed E-state index contributed by atoms with van der Waals surface area (Å²) >= 11 is 0. The Hall–Kier alpha value is -1.48. The SMILES string of the molecule is Cc1[nH]c(=O)[nH]c(=O)c1CC1(O)COC(CO)C1O. The van der Waals surface area contributed by atoms with Gasteiger partial charge in [0.15, 0.2) is 0 Å². The van der Waals surface area contributed by atoms with Crippen LogP contribution < -0.4 is 11.2 Å². The van der Waals surface area contributed by atoms with Gasteiger partial charge in [0, 0.05) is 17.7 Å². The van der Waals surface area contributed by atoms with Gasteiger partial charge in [0.1, 0.15) is 17.8 Å². The van der Waals surface area contributed by atoms with Gasteiger partial charge in [-0.3, -0.25) is 9.78 Å². The lowest BCUT2D eigenvalue weighted by atomic mass is 9.89. The average molecular weight is 272 g/mol. The van der Waals surface area contributed by atoms with Crippen molar-refractivity contribution in [2.45, 2.75) is 31.2 Å². The molecule has 0 bridgehead atoms. The van der Waals surface area contributed by atoms with Crippen LogP contribution in [0, 0.1) is 6.92 Å². The van der Waals surface area contributed by atoms with E-state index >= 15 is 0 Å². The molecule has 1 fully saturated rings. The van der Waals surface area contributed by atoms with Crippen LogP contribution in [0.5, 0.6) is 0 Å². The molecule has 3 atom stereocenters. The van der Waals surface area contributed by atoms with E-state index in [1.54, 1.807) is 0 Å². The molecule has 1 aromatic heterocycles. The molecule has 0 amide bonds. The number of aliphatic hydroxyl groups is 3. The van der Waals surface area contributed by atoms with Crippen molar-refractivity contribution >= 4 is 0 Å². The van der Waals surface area contributed by atoms with Gasteiger partial charge in [-0.25, -0.2) is 4.79 Å². The first-order chi connectivity index (χ1) is 8.87. The Morgan fingerprint density at radius 3 is 2.63 bits per heavy atom. The maximum absolute atomic E-state index is 11.7. The number of aromatic amines is 2. The van der Waals surface area contributed by atoms with E-state index in [-0.39, 0.29) is 18.6 Å². The smallest absolute Gasteiger partial charge is 0.325 e. The van der Waals surface area contributed by atoms with Crippen molar-refractivity contribution in [3.8, 4) is 0 Å². The molecule has 2 heterocycles. The number of ether oxygens (including phenoxy) is 1. The molecule has 19 heavy (non-hydrogen) atoms. The second kappa shape index (κ2) is 4.89. The van der Waals surface area contributed by atoms with E-state index in [9.17, 15) is 19.8 Å². The first-order valence-corrected chi connectivity index (χ1v) is 5.82. The zero-order chi connectivity index (χ0) is 14.2. The highest BCUT2D eigenvalue weighted by Gasteiger charge is 2.48. The molecule has 2 rings (SSSR count). The van der Waals surface area contributed by atoms with Crippen molar-refractivity contribution in [2.24, 2.45) is 0 Å². The molecule has 8 heteroatoms. The summed E-state index contributed by atoms with van der Waals surface area (Å²) in [5.41, 5.74) is -2.42. The fourth-order valence-electron chi connectivity index (χ4n) is 2.23. The number of hydrogen-bond acceptors (Lipinski definition) is 6. The van der Waals surface area contributed by atoms with Crippen molar-refractivity contribution in [1.29, 1.82) is 0 Å². The third-order valence-corrected chi connectivity index (χ3v) is 3.37. The molecule has 1 aromatic rings. The lowest BCUT2D eigenvalue weighted by Crippen LogP contribution is -2.48. The van der Waals surface area contributed by atoms with Gasteiger partial charge >= 0.3 is 5.69 Å². The Labute approximate surface area is 107 Å². The maximum atomic E-state index is 11.7. The van der Waals surface area contributed by atoms with Gasteiger partial charge in [-0.2, -0.15) is 0 Å². The molecule has 1 aliphatic heterocycles. The van der Waals surface area contributed by atoms with Crippen molar-refractivity contribution in [3.63, 3.8) is 0 Å². The van der Waals surface area contributed by atoms with E-state index in [1.807, 2.05) is 0 Å². The summed E-state index contributed by atoms with van der Waals surface area (Å²) in [7, 11) is 0. The Bertz CT molecular complexity index is 579. The number of rotatable bonds is 3. The number of hydrogen-bond donors (Lipinski definition) is 5. The van der Waals surface area contributed by atoms with Crippen LogP contribution in [0.15, 0.2) is 9.59 Å². The van der Waals surface area contributed by atoms with E-state index in [4.69, 9.17) is 9.84 Å². The maximum Gasteiger partial charge on any atom is 0.325 e. The minimum atomic E-state index is -1.66. The summed E-state index contributed by atoms with van der Waals surface area (Å²) in [6.07, 6.45) is -2.36. The Kier molecular flexibility index (Phi) is 3.59. The predicted octanol–water partition coefficient (Wildman–Crippen LogP) is -2.60. The lowest BCUT2D eigenvalue weighted by Gasteiger charge is -2.26. The zero-order valence-corrected chi connectivity index (χ0v) is 10.3. The van der Waals surface area contributed by atoms with Crippen molar-refractivity contribution < 1.29 is 20.1 Å². The normalized spacial score (nSPS) is 30.7. The Balaban J connectivity index is 2.32. The summed E-state index contributed by atoms with van der Waals surface area (Å²) < 4.78 is 5.07. The fraction of sp³-hybridized carbons (Fsp3) is 0.636. The second-order valence-electron chi connectivity index (χ2n) is 4.77. The molecule has 8 nitrogen and oxygen atoms in total. The molecule has 1 saturated heterocycles. The standard InChI is InChI=1S/C11H16N2O6/c1-5-6(9(16)13-10(17)12-5)2-11(18)4-19-7(3-14)8(11)15/h7-8,14-15,18H,2-4H2,1H3,(H2,12,13,16,17). The topological polar surface area (TPSA) is 136 Å². The van der Waals surface area contributed by atoms with Crippen LogP contribution >= 0.6 is 0 Å². The van der Waals surface area contributed by atoms with Crippen LogP contribution in [-0.4, -0.2) is 56.3 Å². The number of aliphatic hydroxyl groups excluding tert-OH is 2.